The summed E-state index contributed by atoms with van der Waals surface area (Å²) in [5, 5.41) is 12.6. The van der Waals surface area contributed by atoms with Gasteiger partial charge in [0, 0.05) is 17.3 Å². The van der Waals surface area contributed by atoms with Gasteiger partial charge < -0.3 is 19.4 Å². The molecule has 2 aromatic carbocycles. The Kier molecular flexibility index (Phi) is 7.00. The lowest BCUT2D eigenvalue weighted by Crippen LogP contribution is -2.14. The monoisotopic (exact) mass is 432 g/mol. The number of benzene rings is 2. The van der Waals surface area contributed by atoms with Gasteiger partial charge >= 0.3 is 0 Å². The average molecular weight is 433 g/mol. The lowest BCUT2D eigenvalue weighted by atomic mass is 10.2. The minimum Gasteiger partial charge on any atom is -0.497 e. The van der Waals surface area contributed by atoms with E-state index in [1.54, 1.807) is 56.7 Å². The maximum atomic E-state index is 12.3. The van der Waals surface area contributed by atoms with Gasteiger partial charge in [0.2, 0.25) is 5.91 Å². The summed E-state index contributed by atoms with van der Waals surface area (Å²) in [5.74, 6) is 2.11. The number of carbonyl (C=O) groups is 1. The molecule has 0 aliphatic carbocycles. The number of rotatable bonds is 8. The summed E-state index contributed by atoms with van der Waals surface area (Å²) in [6.07, 6.45) is 0. The van der Waals surface area contributed by atoms with E-state index in [2.05, 4.69) is 15.5 Å². The number of hydrogen-bond donors (Lipinski definition) is 1. The Labute approximate surface area is 178 Å². The van der Waals surface area contributed by atoms with Crippen LogP contribution < -0.4 is 14.8 Å². The van der Waals surface area contributed by atoms with E-state index in [1.807, 2.05) is 11.5 Å². The van der Waals surface area contributed by atoms with Gasteiger partial charge in [0.25, 0.3) is 0 Å². The molecule has 152 valence electrons. The topological polar surface area (TPSA) is 78.3 Å². The fourth-order valence-electron chi connectivity index (χ4n) is 2.74. The molecule has 29 heavy (non-hydrogen) atoms. The minimum absolute atomic E-state index is 0.132. The third kappa shape index (κ3) is 5.02. The number of aromatic nitrogens is 3. The predicted octanol–water partition coefficient (Wildman–Crippen LogP) is 4.37. The van der Waals surface area contributed by atoms with Crippen LogP contribution in [-0.2, 0) is 11.3 Å². The summed E-state index contributed by atoms with van der Waals surface area (Å²) in [4.78, 5) is 12.3. The Morgan fingerprint density at radius 1 is 1.14 bits per heavy atom. The van der Waals surface area contributed by atoms with Crippen molar-refractivity contribution in [2.75, 3.05) is 25.3 Å². The Morgan fingerprint density at radius 3 is 2.55 bits per heavy atom. The van der Waals surface area contributed by atoms with Crippen LogP contribution in [0.25, 0.3) is 11.4 Å². The molecule has 0 saturated carbocycles. The standard InChI is InChI=1S/C20H21ClN4O3S/c1-4-25-19(16-11-13(21)5-10-17(16)28-3)23-24-20(25)29-12-18(26)22-14-6-8-15(27-2)9-7-14/h5-11H,4,12H2,1-3H3,(H,22,26). The fraction of sp³-hybridized carbons (Fsp3) is 0.250. The number of thioether (sulfide) groups is 1. The third-order valence-corrected chi connectivity index (χ3v) is 5.34. The number of amides is 1. The first kappa shape index (κ1) is 21.0. The van der Waals surface area contributed by atoms with Gasteiger partial charge in [-0.3, -0.25) is 4.79 Å². The highest BCUT2D eigenvalue weighted by Gasteiger charge is 2.18. The van der Waals surface area contributed by atoms with Crippen LogP contribution in [0.2, 0.25) is 5.02 Å². The van der Waals surface area contributed by atoms with Gasteiger partial charge in [0.1, 0.15) is 11.5 Å². The zero-order valence-corrected chi connectivity index (χ0v) is 17.9. The molecule has 9 heteroatoms. The summed E-state index contributed by atoms with van der Waals surface area (Å²) in [6.45, 7) is 2.63. The van der Waals surface area contributed by atoms with Crippen LogP contribution in [-0.4, -0.2) is 40.6 Å². The van der Waals surface area contributed by atoms with Gasteiger partial charge in [-0.25, -0.2) is 0 Å². The molecule has 0 atom stereocenters. The SMILES string of the molecule is CCn1c(SCC(=O)Nc2ccc(OC)cc2)nnc1-c1cc(Cl)ccc1OC. The van der Waals surface area contributed by atoms with E-state index in [-0.39, 0.29) is 11.7 Å². The number of methoxy groups -OCH3 is 2. The number of nitrogens with one attached hydrogen (secondary N) is 1. The van der Waals surface area contributed by atoms with E-state index in [0.29, 0.717) is 34.0 Å². The average Bonchev–Trinajstić information content (AvgIpc) is 3.15. The normalized spacial score (nSPS) is 10.6. The second-order valence-electron chi connectivity index (χ2n) is 5.96. The van der Waals surface area contributed by atoms with Crippen molar-refractivity contribution in [2.24, 2.45) is 0 Å². The van der Waals surface area contributed by atoms with Crippen LogP contribution >= 0.6 is 23.4 Å². The molecule has 3 aromatic rings. The number of carbonyl (C=O) groups excluding carboxylic acids is 1. The summed E-state index contributed by atoms with van der Waals surface area (Å²) in [6, 6.07) is 12.5. The summed E-state index contributed by atoms with van der Waals surface area (Å²) in [5.41, 5.74) is 1.46. The van der Waals surface area contributed by atoms with Crippen LogP contribution in [0, 0.1) is 0 Å². The van der Waals surface area contributed by atoms with Crippen molar-refractivity contribution in [2.45, 2.75) is 18.6 Å². The molecule has 3 rings (SSSR count). The first-order valence-corrected chi connectivity index (χ1v) is 10.3. The number of nitrogens with zero attached hydrogens (tertiary/aromatic N) is 3. The summed E-state index contributed by atoms with van der Waals surface area (Å²) >= 11 is 7.46. The molecule has 1 N–H and O–H groups in total. The number of hydrogen-bond acceptors (Lipinski definition) is 6. The zero-order chi connectivity index (χ0) is 20.8. The highest BCUT2D eigenvalue weighted by Crippen LogP contribution is 2.33. The Balaban J connectivity index is 1.72. The summed E-state index contributed by atoms with van der Waals surface area (Å²) < 4.78 is 12.5. The fourth-order valence-corrected chi connectivity index (χ4v) is 3.71. The van der Waals surface area contributed by atoms with Crippen molar-refractivity contribution in [3.8, 4) is 22.9 Å². The molecule has 0 bridgehead atoms. The van der Waals surface area contributed by atoms with Gasteiger partial charge in [-0.15, -0.1) is 10.2 Å². The lowest BCUT2D eigenvalue weighted by molar-refractivity contribution is -0.113. The van der Waals surface area contributed by atoms with E-state index < -0.39 is 0 Å². The number of halogens is 1. The van der Waals surface area contributed by atoms with Crippen molar-refractivity contribution in [1.29, 1.82) is 0 Å². The van der Waals surface area contributed by atoms with E-state index >= 15 is 0 Å². The van der Waals surface area contributed by atoms with Crippen LogP contribution in [0.5, 0.6) is 11.5 Å². The largest absolute Gasteiger partial charge is 0.497 e. The van der Waals surface area contributed by atoms with Gasteiger partial charge in [0.05, 0.1) is 25.5 Å². The van der Waals surface area contributed by atoms with Gasteiger partial charge in [0.15, 0.2) is 11.0 Å². The van der Waals surface area contributed by atoms with Crippen molar-refractivity contribution in [3.63, 3.8) is 0 Å². The maximum absolute atomic E-state index is 12.3. The zero-order valence-electron chi connectivity index (χ0n) is 16.3. The molecule has 1 heterocycles. The molecule has 7 nitrogen and oxygen atoms in total. The second kappa shape index (κ2) is 9.67. The van der Waals surface area contributed by atoms with Crippen molar-refractivity contribution >= 4 is 35.0 Å². The van der Waals surface area contributed by atoms with Crippen molar-refractivity contribution < 1.29 is 14.3 Å². The van der Waals surface area contributed by atoms with Crippen LogP contribution in [0.3, 0.4) is 0 Å². The Bertz CT molecular complexity index is 992. The first-order valence-electron chi connectivity index (χ1n) is 8.89. The van der Waals surface area contributed by atoms with E-state index in [9.17, 15) is 4.79 Å². The van der Waals surface area contributed by atoms with Crippen LogP contribution in [0.15, 0.2) is 47.6 Å². The minimum atomic E-state index is -0.132. The smallest absolute Gasteiger partial charge is 0.234 e. The summed E-state index contributed by atoms with van der Waals surface area (Å²) in [7, 11) is 3.19. The molecular weight excluding hydrogens is 412 g/mol. The van der Waals surface area contributed by atoms with E-state index in [4.69, 9.17) is 21.1 Å². The molecule has 0 aliphatic heterocycles. The Hall–Kier alpha value is -2.71. The van der Waals surface area contributed by atoms with Crippen molar-refractivity contribution in [3.05, 3.63) is 47.5 Å². The molecule has 0 saturated heterocycles. The molecule has 0 aliphatic rings. The number of ether oxygens (including phenoxy) is 2. The number of anilines is 1. The molecular formula is C20H21ClN4O3S. The molecule has 0 radical (unpaired) electrons. The third-order valence-electron chi connectivity index (χ3n) is 4.14. The van der Waals surface area contributed by atoms with Gasteiger partial charge in [-0.05, 0) is 49.4 Å². The second-order valence-corrected chi connectivity index (χ2v) is 7.34. The van der Waals surface area contributed by atoms with Gasteiger partial charge in [-0.2, -0.15) is 0 Å². The molecule has 0 spiro atoms. The highest BCUT2D eigenvalue weighted by atomic mass is 35.5. The lowest BCUT2D eigenvalue weighted by Gasteiger charge is -2.11. The Morgan fingerprint density at radius 2 is 1.90 bits per heavy atom. The van der Waals surface area contributed by atoms with Gasteiger partial charge in [-0.1, -0.05) is 23.4 Å². The van der Waals surface area contributed by atoms with Crippen LogP contribution in [0.4, 0.5) is 5.69 Å². The highest BCUT2D eigenvalue weighted by molar-refractivity contribution is 7.99. The van der Waals surface area contributed by atoms with E-state index in [1.165, 1.54) is 11.8 Å². The quantitative estimate of drug-likeness (QED) is 0.532. The molecule has 0 fully saturated rings. The predicted molar refractivity (Wildman–Crippen MR) is 115 cm³/mol. The van der Waals surface area contributed by atoms with Crippen LogP contribution in [0.1, 0.15) is 6.92 Å². The van der Waals surface area contributed by atoms with Crippen molar-refractivity contribution in [1.82, 2.24) is 14.8 Å². The van der Waals surface area contributed by atoms with E-state index in [0.717, 1.165) is 11.3 Å². The molecule has 0 unspecified atom stereocenters. The first-order chi connectivity index (χ1) is 14.0. The molecule has 1 aromatic heterocycles. The maximum Gasteiger partial charge on any atom is 0.234 e. The molecule has 1 amide bonds.